The molecule has 1 aliphatic rings. The van der Waals surface area contributed by atoms with Crippen LogP contribution in [-0.2, 0) is 4.79 Å². The van der Waals surface area contributed by atoms with E-state index in [1.54, 1.807) is 4.90 Å². The van der Waals surface area contributed by atoms with Gasteiger partial charge in [-0.3, -0.25) is 9.59 Å². The zero-order chi connectivity index (χ0) is 18.7. The highest BCUT2D eigenvalue weighted by molar-refractivity contribution is 7.13. The summed E-state index contributed by atoms with van der Waals surface area (Å²) in [7, 11) is 0. The van der Waals surface area contributed by atoms with E-state index < -0.39 is 0 Å². The lowest BCUT2D eigenvalue weighted by molar-refractivity contribution is -0.134. The standard InChI is InChI=1S/C20H24N2O3S/c1-14-4-5-15(2)17(12-14)25-13-19(23)21-8-10-22(11-9-21)20(24)18-7-6-16(3)26-18/h4-7,12H,8-11,13H2,1-3H3. The summed E-state index contributed by atoms with van der Waals surface area (Å²) in [5.74, 6) is 0.770. The van der Waals surface area contributed by atoms with Crippen LogP contribution >= 0.6 is 11.3 Å². The van der Waals surface area contributed by atoms with Gasteiger partial charge in [-0.25, -0.2) is 0 Å². The molecule has 1 fully saturated rings. The van der Waals surface area contributed by atoms with Crippen LogP contribution in [0.1, 0.15) is 25.7 Å². The topological polar surface area (TPSA) is 49.9 Å². The smallest absolute Gasteiger partial charge is 0.264 e. The summed E-state index contributed by atoms with van der Waals surface area (Å²) < 4.78 is 5.71. The first-order chi connectivity index (χ1) is 12.4. The van der Waals surface area contributed by atoms with Crippen LogP contribution in [0.15, 0.2) is 30.3 Å². The fraction of sp³-hybridized carbons (Fsp3) is 0.400. The van der Waals surface area contributed by atoms with E-state index in [2.05, 4.69) is 0 Å². The summed E-state index contributed by atoms with van der Waals surface area (Å²) in [6, 6.07) is 9.80. The van der Waals surface area contributed by atoms with Crippen molar-refractivity contribution in [3.8, 4) is 5.75 Å². The first-order valence-corrected chi connectivity index (χ1v) is 9.59. The Morgan fingerprint density at radius 1 is 1.00 bits per heavy atom. The normalized spacial score (nSPS) is 14.4. The number of thiophene rings is 1. The lowest BCUT2D eigenvalue weighted by atomic mass is 10.1. The third-order valence-corrected chi connectivity index (χ3v) is 5.55. The third-order valence-electron chi connectivity index (χ3n) is 4.57. The largest absolute Gasteiger partial charge is 0.483 e. The van der Waals surface area contributed by atoms with E-state index in [9.17, 15) is 9.59 Å². The van der Waals surface area contributed by atoms with Gasteiger partial charge in [-0.15, -0.1) is 11.3 Å². The van der Waals surface area contributed by atoms with Gasteiger partial charge < -0.3 is 14.5 Å². The summed E-state index contributed by atoms with van der Waals surface area (Å²) in [5, 5.41) is 0. The Hall–Kier alpha value is -2.34. The molecule has 1 saturated heterocycles. The van der Waals surface area contributed by atoms with E-state index in [-0.39, 0.29) is 18.4 Å². The fourth-order valence-electron chi connectivity index (χ4n) is 2.96. The maximum atomic E-state index is 12.5. The van der Waals surface area contributed by atoms with Crippen LogP contribution in [-0.4, -0.2) is 54.4 Å². The summed E-state index contributed by atoms with van der Waals surface area (Å²) in [4.78, 5) is 30.4. The molecule has 0 atom stereocenters. The van der Waals surface area contributed by atoms with Crippen LogP contribution < -0.4 is 4.74 Å². The van der Waals surface area contributed by atoms with E-state index in [1.807, 2.05) is 56.0 Å². The summed E-state index contributed by atoms with van der Waals surface area (Å²) in [6.45, 7) is 8.21. The van der Waals surface area contributed by atoms with Crippen molar-refractivity contribution in [3.63, 3.8) is 0 Å². The number of carbonyl (C=O) groups excluding carboxylic acids is 2. The molecule has 2 aromatic rings. The van der Waals surface area contributed by atoms with Gasteiger partial charge in [0, 0.05) is 31.1 Å². The van der Waals surface area contributed by atoms with Gasteiger partial charge in [-0.2, -0.15) is 0 Å². The van der Waals surface area contributed by atoms with Gasteiger partial charge in [0.25, 0.3) is 11.8 Å². The average Bonchev–Trinajstić information content (AvgIpc) is 3.08. The van der Waals surface area contributed by atoms with Gasteiger partial charge in [0.05, 0.1) is 4.88 Å². The van der Waals surface area contributed by atoms with Gasteiger partial charge >= 0.3 is 0 Å². The summed E-state index contributed by atoms with van der Waals surface area (Å²) in [6.07, 6.45) is 0. The van der Waals surface area contributed by atoms with Crippen molar-refractivity contribution >= 4 is 23.2 Å². The Morgan fingerprint density at radius 3 is 2.35 bits per heavy atom. The van der Waals surface area contributed by atoms with E-state index in [4.69, 9.17) is 4.74 Å². The summed E-state index contributed by atoms with van der Waals surface area (Å²) >= 11 is 1.51. The molecule has 1 aromatic carbocycles. The number of amides is 2. The number of hydrogen-bond donors (Lipinski definition) is 0. The van der Waals surface area contributed by atoms with Crippen molar-refractivity contribution in [2.24, 2.45) is 0 Å². The molecule has 0 unspecified atom stereocenters. The second kappa shape index (κ2) is 7.91. The average molecular weight is 372 g/mol. The zero-order valence-corrected chi connectivity index (χ0v) is 16.3. The predicted molar refractivity (Wildman–Crippen MR) is 103 cm³/mol. The number of rotatable bonds is 4. The Morgan fingerprint density at radius 2 is 1.69 bits per heavy atom. The molecule has 0 N–H and O–H groups in total. The lowest BCUT2D eigenvalue weighted by Gasteiger charge is -2.34. The molecular formula is C20H24N2O3S. The van der Waals surface area contributed by atoms with Crippen molar-refractivity contribution < 1.29 is 14.3 Å². The molecular weight excluding hydrogens is 348 g/mol. The number of ether oxygens (including phenoxy) is 1. The Kier molecular flexibility index (Phi) is 5.61. The molecule has 0 bridgehead atoms. The van der Waals surface area contributed by atoms with Crippen LogP contribution in [0.2, 0.25) is 0 Å². The van der Waals surface area contributed by atoms with Crippen LogP contribution in [0.3, 0.4) is 0 Å². The summed E-state index contributed by atoms with van der Waals surface area (Å²) in [5.41, 5.74) is 2.12. The molecule has 6 heteroatoms. The van der Waals surface area contributed by atoms with E-state index >= 15 is 0 Å². The zero-order valence-electron chi connectivity index (χ0n) is 15.4. The van der Waals surface area contributed by atoms with Crippen LogP contribution in [0.4, 0.5) is 0 Å². The highest BCUT2D eigenvalue weighted by atomic mass is 32.1. The van der Waals surface area contributed by atoms with Crippen molar-refractivity contribution in [1.29, 1.82) is 0 Å². The minimum atomic E-state index is -0.0371. The first kappa shape index (κ1) is 18.5. The van der Waals surface area contributed by atoms with E-state index in [0.29, 0.717) is 26.2 Å². The van der Waals surface area contributed by atoms with Crippen LogP contribution in [0.5, 0.6) is 5.75 Å². The molecule has 0 spiro atoms. The maximum absolute atomic E-state index is 12.5. The minimum absolute atomic E-state index is 0.0301. The van der Waals surface area contributed by atoms with E-state index in [1.165, 1.54) is 11.3 Å². The second-order valence-electron chi connectivity index (χ2n) is 6.64. The van der Waals surface area contributed by atoms with Crippen LogP contribution in [0.25, 0.3) is 0 Å². The van der Waals surface area contributed by atoms with Crippen molar-refractivity contribution in [3.05, 3.63) is 51.2 Å². The molecule has 138 valence electrons. The Balaban J connectivity index is 1.50. The second-order valence-corrected chi connectivity index (χ2v) is 7.93. The quantitative estimate of drug-likeness (QED) is 0.829. The Bertz CT molecular complexity index is 807. The maximum Gasteiger partial charge on any atom is 0.264 e. The monoisotopic (exact) mass is 372 g/mol. The number of hydrogen-bond acceptors (Lipinski definition) is 4. The number of aryl methyl sites for hydroxylation is 3. The highest BCUT2D eigenvalue weighted by Gasteiger charge is 2.25. The van der Waals surface area contributed by atoms with Crippen LogP contribution in [0, 0.1) is 20.8 Å². The molecule has 2 heterocycles. The number of nitrogens with zero attached hydrogens (tertiary/aromatic N) is 2. The van der Waals surface area contributed by atoms with Gasteiger partial charge in [0.1, 0.15) is 5.75 Å². The van der Waals surface area contributed by atoms with Gasteiger partial charge in [0.15, 0.2) is 6.61 Å². The number of carbonyl (C=O) groups is 2. The molecule has 3 rings (SSSR count). The molecule has 1 aliphatic heterocycles. The minimum Gasteiger partial charge on any atom is -0.483 e. The molecule has 0 radical (unpaired) electrons. The first-order valence-electron chi connectivity index (χ1n) is 8.77. The lowest BCUT2D eigenvalue weighted by Crippen LogP contribution is -2.51. The fourth-order valence-corrected chi connectivity index (χ4v) is 3.79. The predicted octanol–water partition coefficient (Wildman–Crippen LogP) is 3.04. The molecule has 5 nitrogen and oxygen atoms in total. The molecule has 0 aliphatic carbocycles. The van der Waals surface area contributed by atoms with Gasteiger partial charge in [-0.1, -0.05) is 12.1 Å². The van der Waals surface area contributed by atoms with Crippen molar-refractivity contribution in [2.45, 2.75) is 20.8 Å². The molecule has 1 aromatic heterocycles. The van der Waals surface area contributed by atoms with Crippen molar-refractivity contribution in [2.75, 3.05) is 32.8 Å². The Labute approximate surface area is 158 Å². The third kappa shape index (κ3) is 4.25. The number of piperazine rings is 1. The van der Waals surface area contributed by atoms with E-state index in [0.717, 1.165) is 26.6 Å². The van der Waals surface area contributed by atoms with Crippen molar-refractivity contribution in [1.82, 2.24) is 9.80 Å². The molecule has 26 heavy (non-hydrogen) atoms. The van der Waals surface area contributed by atoms with Gasteiger partial charge in [0.2, 0.25) is 0 Å². The molecule has 0 saturated carbocycles. The number of benzene rings is 1. The SMILES string of the molecule is Cc1ccc(C)c(OCC(=O)N2CCN(C(=O)c3ccc(C)s3)CC2)c1. The van der Waals surface area contributed by atoms with Gasteiger partial charge in [-0.05, 0) is 50.1 Å². The molecule has 2 amide bonds. The highest BCUT2D eigenvalue weighted by Crippen LogP contribution is 2.20.